The molecule has 0 aliphatic heterocycles. The minimum Gasteiger partial charge on any atom is -0.322 e. The Bertz CT molecular complexity index is 827. The number of hydrogen-bond acceptors (Lipinski definition) is 1. The summed E-state index contributed by atoms with van der Waals surface area (Å²) in [6.07, 6.45) is 0. The summed E-state index contributed by atoms with van der Waals surface area (Å²) in [5.41, 5.74) is 1.31. The quantitative estimate of drug-likeness (QED) is 0.641. The summed E-state index contributed by atoms with van der Waals surface area (Å²) in [6, 6.07) is 18.8. The molecule has 0 fully saturated rings. The smallest absolute Gasteiger partial charge is 0.256 e. The van der Waals surface area contributed by atoms with Crippen LogP contribution in [0, 0.1) is 0 Å². The van der Waals surface area contributed by atoms with Crippen molar-refractivity contribution in [1.82, 2.24) is 0 Å². The maximum atomic E-state index is 12.5. The molecule has 2 nitrogen and oxygen atoms in total. The predicted octanol–water partition coefficient (Wildman–Crippen LogP) is 5.51. The lowest BCUT2D eigenvalue weighted by Crippen LogP contribution is -2.12. The zero-order chi connectivity index (χ0) is 14.8. The highest BCUT2D eigenvalue weighted by Crippen LogP contribution is 2.26. The van der Waals surface area contributed by atoms with Crippen LogP contribution in [0.4, 0.5) is 5.69 Å². The van der Waals surface area contributed by atoms with E-state index in [1.54, 1.807) is 18.2 Å². The Labute approximate surface area is 135 Å². The highest BCUT2D eigenvalue weighted by Gasteiger charge is 2.10. The fourth-order valence-corrected chi connectivity index (χ4v) is 2.62. The lowest BCUT2D eigenvalue weighted by Gasteiger charge is -2.09. The van der Waals surface area contributed by atoms with Crippen molar-refractivity contribution in [3.05, 3.63) is 75.7 Å². The van der Waals surface area contributed by atoms with Crippen LogP contribution in [0.5, 0.6) is 0 Å². The van der Waals surface area contributed by atoms with Crippen molar-refractivity contribution < 1.29 is 4.79 Å². The van der Waals surface area contributed by atoms with Gasteiger partial charge >= 0.3 is 0 Å². The van der Waals surface area contributed by atoms with E-state index in [0.717, 1.165) is 15.2 Å². The van der Waals surface area contributed by atoms with Gasteiger partial charge in [0.25, 0.3) is 5.91 Å². The molecule has 0 unspecified atom stereocenters. The maximum Gasteiger partial charge on any atom is 0.256 e. The van der Waals surface area contributed by atoms with E-state index in [4.69, 9.17) is 11.6 Å². The molecule has 0 saturated carbocycles. The number of amides is 1. The van der Waals surface area contributed by atoms with E-state index in [2.05, 4.69) is 21.2 Å². The van der Waals surface area contributed by atoms with Gasteiger partial charge in [-0.1, -0.05) is 48.0 Å². The van der Waals surface area contributed by atoms with Crippen LogP contribution in [-0.4, -0.2) is 5.91 Å². The first-order valence-corrected chi connectivity index (χ1v) is 7.56. The van der Waals surface area contributed by atoms with Crippen LogP contribution in [0.15, 0.2) is 65.1 Å². The number of carbonyl (C=O) groups is 1. The van der Waals surface area contributed by atoms with E-state index >= 15 is 0 Å². The Balaban J connectivity index is 1.95. The Hall–Kier alpha value is -1.84. The molecule has 0 saturated heterocycles. The fourth-order valence-electron chi connectivity index (χ4n) is 2.20. The number of anilines is 1. The van der Waals surface area contributed by atoms with Gasteiger partial charge in [-0.25, -0.2) is 0 Å². The average molecular weight is 361 g/mol. The molecule has 3 rings (SSSR count). The molecule has 0 aliphatic carbocycles. The third kappa shape index (κ3) is 2.94. The lowest BCUT2D eigenvalue weighted by molar-refractivity contribution is 0.102. The molecule has 21 heavy (non-hydrogen) atoms. The van der Waals surface area contributed by atoms with Crippen molar-refractivity contribution in [3.8, 4) is 0 Å². The van der Waals surface area contributed by atoms with Crippen molar-refractivity contribution in [2.75, 3.05) is 5.32 Å². The van der Waals surface area contributed by atoms with Crippen LogP contribution in [0.3, 0.4) is 0 Å². The highest BCUT2D eigenvalue weighted by atomic mass is 79.9. The summed E-state index contributed by atoms with van der Waals surface area (Å²) in [5, 5.41) is 5.41. The van der Waals surface area contributed by atoms with Crippen molar-refractivity contribution in [2.24, 2.45) is 0 Å². The Kier molecular flexibility index (Phi) is 3.95. The first kappa shape index (κ1) is 14.1. The lowest BCUT2D eigenvalue weighted by atomic mass is 10.0. The van der Waals surface area contributed by atoms with Crippen LogP contribution in [0.2, 0.25) is 5.02 Å². The van der Waals surface area contributed by atoms with E-state index in [0.29, 0.717) is 16.3 Å². The fraction of sp³-hybridized carbons (Fsp3) is 0. The monoisotopic (exact) mass is 359 g/mol. The van der Waals surface area contributed by atoms with E-state index in [-0.39, 0.29) is 5.91 Å². The molecule has 104 valence electrons. The standard InChI is InChI=1S/C17H11BrClNO/c18-15-9-8-12(10-16(15)19)20-17(21)14-7-3-5-11-4-1-2-6-13(11)14/h1-10H,(H,20,21). The summed E-state index contributed by atoms with van der Waals surface area (Å²) in [7, 11) is 0. The van der Waals surface area contributed by atoms with E-state index in [1.165, 1.54) is 0 Å². The number of hydrogen-bond donors (Lipinski definition) is 1. The van der Waals surface area contributed by atoms with Crippen LogP contribution >= 0.6 is 27.5 Å². The molecule has 0 heterocycles. The van der Waals surface area contributed by atoms with Crippen LogP contribution in [-0.2, 0) is 0 Å². The predicted molar refractivity (Wildman–Crippen MR) is 91.1 cm³/mol. The number of carbonyl (C=O) groups excluding carboxylic acids is 1. The van der Waals surface area contributed by atoms with Gasteiger partial charge in [-0.2, -0.15) is 0 Å². The highest BCUT2D eigenvalue weighted by molar-refractivity contribution is 9.10. The summed E-state index contributed by atoms with van der Waals surface area (Å²) < 4.78 is 0.798. The van der Waals surface area contributed by atoms with E-state index in [1.807, 2.05) is 42.5 Å². The average Bonchev–Trinajstić information content (AvgIpc) is 2.50. The molecule has 1 amide bonds. The summed E-state index contributed by atoms with van der Waals surface area (Å²) in [4.78, 5) is 12.5. The van der Waals surface area contributed by atoms with Crippen molar-refractivity contribution in [3.63, 3.8) is 0 Å². The Morgan fingerprint density at radius 2 is 1.76 bits per heavy atom. The first-order chi connectivity index (χ1) is 10.1. The van der Waals surface area contributed by atoms with Gasteiger partial charge < -0.3 is 5.32 Å². The molecule has 4 heteroatoms. The Morgan fingerprint density at radius 3 is 2.57 bits per heavy atom. The van der Waals surface area contributed by atoms with Gasteiger partial charge in [-0.15, -0.1) is 0 Å². The SMILES string of the molecule is O=C(Nc1ccc(Br)c(Cl)c1)c1cccc2ccccc12. The van der Waals surface area contributed by atoms with Crippen molar-refractivity contribution in [1.29, 1.82) is 0 Å². The maximum absolute atomic E-state index is 12.5. The third-order valence-electron chi connectivity index (χ3n) is 3.21. The second-order valence-electron chi connectivity index (χ2n) is 4.61. The van der Waals surface area contributed by atoms with Gasteiger partial charge in [-0.05, 0) is 51.0 Å². The number of rotatable bonds is 2. The van der Waals surface area contributed by atoms with Gasteiger partial charge in [0.1, 0.15) is 0 Å². The van der Waals surface area contributed by atoms with Gasteiger partial charge in [0.15, 0.2) is 0 Å². The zero-order valence-electron chi connectivity index (χ0n) is 10.9. The number of benzene rings is 3. The molecular weight excluding hydrogens is 350 g/mol. The normalized spacial score (nSPS) is 10.6. The minimum atomic E-state index is -0.148. The van der Waals surface area contributed by atoms with Crippen LogP contribution in [0.1, 0.15) is 10.4 Å². The van der Waals surface area contributed by atoms with E-state index < -0.39 is 0 Å². The van der Waals surface area contributed by atoms with Crippen molar-refractivity contribution in [2.45, 2.75) is 0 Å². The molecule has 0 aliphatic rings. The van der Waals surface area contributed by atoms with Gasteiger partial charge in [-0.3, -0.25) is 4.79 Å². The van der Waals surface area contributed by atoms with Crippen molar-refractivity contribution >= 4 is 49.9 Å². The third-order valence-corrected chi connectivity index (χ3v) is 4.44. The number of nitrogens with one attached hydrogen (secondary N) is 1. The summed E-state index contributed by atoms with van der Waals surface area (Å²) in [6.45, 7) is 0. The zero-order valence-corrected chi connectivity index (χ0v) is 13.3. The topological polar surface area (TPSA) is 29.1 Å². The van der Waals surface area contributed by atoms with Gasteiger partial charge in [0, 0.05) is 15.7 Å². The molecule has 1 N–H and O–H groups in total. The summed E-state index contributed by atoms with van der Waals surface area (Å²) >= 11 is 9.37. The van der Waals surface area contributed by atoms with Crippen LogP contribution in [0.25, 0.3) is 10.8 Å². The largest absolute Gasteiger partial charge is 0.322 e. The first-order valence-electron chi connectivity index (χ1n) is 6.39. The molecule has 0 bridgehead atoms. The minimum absolute atomic E-state index is 0.148. The Morgan fingerprint density at radius 1 is 1.00 bits per heavy atom. The molecular formula is C17H11BrClNO. The number of halogens is 2. The number of fused-ring (bicyclic) bond motifs is 1. The second-order valence-corrected chi connectivity index (χ2v) is 5.87. The molecule has 3 aromatic carbocycles. The van der Waals surface area contributed by atoms with Gasteiger partial charge in [0.05, 0.1) is 5.02 Å². The molecule has 0 spiro atoms. The van der Waals surface area contributed by atoms with Crippen LogP contribution < -0.4 is 5.32 Å². The second kappa shape index (κ2) is 5.88. The van der Waals surface area contributed by atoms with Gasteiger partial charge in [0.2, 0.25) is 0 Å². The summed E-state index contributed by atoms with van der Waals surface area (Å²) in [5.74, 6) is -0.148. The molecule has 0 aromatic heterocycles. The van der Waals surface area contributed by atoms with E-state index in [9.17, 15) is 4.79 Å². The molecule has 0 radical (unpaired) electrons. The molecule has 0 atom stereocenters. The molecule has 3 aromatic rings.